The summed E-state index contributed by atoms with van der Waals surface area (Å²) in [5, 5.41) is 13.3. The normalized spacial score (nSPS) is 20.0. The summed E-state index contributed by atoms with van der Waals surface area (Å²) in [6.45, 7) is 2.92. The summed E-state index contributed by atoms with van der Waals surface area (Å²) in [5.74, 6) is 2.17. The summed E-state index contributed by atoms with van der Waals surface area (Å²) in [6, 6.07) is 2.81. The Labute approximate surface area is 154 Å². The van der Waals surface area contributed by atoms with Gasteiger partial charge in [-0.15, -0.1) is 5.10 Å². The first kappa shape index (κ1) is 16.2. The minimum Gasteiger partial charge on any atom is -0.361 e. The van der Waals surface area contributed by atoms with Crippen molar-refractivity contribution in [2.45, 2.75) is 64.0 Å². The van der Waals surface area contributed by atoms with E-state index in [1.807, 2.05) is 0 Å². The van der Waals surface area contributed by atoms with Gasteiger partial charge in [0.2, 0.25) is 0 Å². The second kappa shape index (κ2) is 6.65. The van der Waals surface area contributed by atoms with Crippen LogP contribution in [-0.2, 0) is 32.2 Å². The third-order valence-corrected chi connectivity index (χ3v) is 6.30. The van der Waals surface area contributed by atoms with E-state index in [1.54, 1.807) is 0 Å². The number of hydrogen-bond donors (Lipinski definition) is 0. The van der Waals surface area contributed by atoms with Crippen molar-refractivity contribution < 1.29 is 4.52 Å². The van der Waals surface area contributed by atoms with Gasteiger partial charge in [-0.25, -0.2) is 0 Å². The van der Waals surface area contributed by atoms with Crippen molar-refractivity contribution in [2.75, 3.05) is 25.0 Å². The molecule has 6 nitrogen and oxygen atoms in total. The number of aromatic nitrogens is 3. The Balaban J connectivity index is 1.21. The number of anilines is 1. The fourth-order valence-corrected chi connectivity index (χ4v) is 4.49. The number of fused-ring (bicyclic) bond motifs is 2. The molecule has 5 rings (SSSR count). The van der Waals surface area contributed by atoms with Crippen LogP contribution in [0.1, 0.15) is 54.0 Å². The molecule has 26 heavy (non-hydrogen) atoms. The quantitative estimate of drug-likeness (QED) is 0.842. The monoisotopic (exact) mass is 353 g/mol. The fraction of sp³-hybridized carbons (Fsp3) is 0.650. The van der Waals surface area contributed by atoms with Crippen LogP contribution in [0.4, 0.5) is 5.82 Å². The molecule has 2 aromatic rings. The van der Waals surface area contributed by atoms with Crippen molar-refractivity contribution >= 4 is 5.82 Å². The van der Waals surface area contributed by atoms with Gasteiger partial charge in [-0.1, -0.05) is 5.16 Å². The Morgan fingerprint density at radius 2 is 1.88 bits per heavy atom. The summed E-state index contributed by atoms with van der Waals surface area (Å²) in [7, 11) is 2.20. The van der Waals surface area contributed by atoms with Crippen molar-refractivity contribution in [3.05, 3.63) is 34.3 Å². The average molecular weight is 353 g/mol. The second-order valence-electron chi connectivity index (χ2n) is 8.09. The van der Waals surface area contributed by atoms with E-state index in [2.05, 4.69) is 38.3 Å². The molecule has 3 heterocycles. The largest absolute Gasteiger partial charge is 0.361 e. The molecule has 2 aliphatic carbocycles. The fourth-order valence-electron chi connectivity index (χ4n) is 4.49. The van der Waals surface area contributed by atoms with Crippen LogP contribution in [0.5, 0.6) is 0 Å². The maximum Gasteiger partial charge on any atom is 0.151 e. The van der Waals surface area contributed by atoms with Gasteiger partial charge < -0.3 is 9.42 Å². The van der Waals surface area contributed by atoms with E-state index < -0.39 is 0 Å². The lowest BCUT2D eigenvalue weighted by Gasteiger charge is -2.44. The van der Waals surface area contributed by atoms with Crippen molar-refractivity contribution in [1.82, 2.24) is 20.3 Å². The molecule has 3 aliphatic rings. The predicted molar refractivity (Wildman–Crippen MR) is 99.3 cm³/mol. The van der Waals surface area contributed by atoms with Gasteiger partial charge >= 0.3 is 0 Å². The van der Waals surface area contributed by atoms with Crippen LogP contribution in [0.2, 0.25) is 0 Å². The Hall–Kier alpha value is -1.95. The van der Waals surface area contributed by atoms with E-state index in [0.717, 1.165) is 62.6 Å². The van der Waals surface area contributed by atoms with Crippen molar-refractivity contribution in [3.63, 3.8) is 0 Å². The minimum absolute atomic E-state index is 0.545. The van der Waals surface area contributed by atoms with E-state index in [-0.39, 0.29) is 0 Å². The lowest BCUT2D eigenvalue weighted by atomic mass is 9.96. The maximum atomic E-state index is 5.56. The number of aryl methyl sites for hydroxylation is 3. The molecule has 0 saturated carbocycles. The van der Waals surface area contributed by atoms with Gasteiger partial charge in [-0.3, -0.25) is 4.90 Å². The van der Waals surface area contributed by atoms with Crippen LogP contribution >= 0.6 is 0 Å². The smallest absolute Gasteiger partial charge is 0.151 e. The highest BCUT2D eigenvalue weighted by Crippen LogP contribution is 2.28. The molecule has 0 atom stereocenters. The minimum atomic E-state index is 0.545. The molecule has 0 amide bonds. The van der Waals surface area contributed by atoms with Gasteiger partial charge in [0, 0.05) is 37.7 Å². The van der Waals surface area contributed by atoms with E-state index in [0.29, 0.717) is 6.04 Å². The molecule has 0 radical (unpaired) electrons. The second-order valence-corrected chi connectivity index (χ2v) is 8.09. The molecular weight excluding hydrogens is 326 g/mol. The number of hydrogen-bond acceptors (Lipinski definition) is 6. The highest BCUT2D eigenvalue weighted by Gasteiger charge is 2.32. The molecule has 1 fully saturated rings. The van der Waals surface area contributed by atoms with E-state index >= 15 is 0 Å². The SMILES string of the molecule is CN(Cc1noc2c1CCCC2)C1CN(c2cc3c(nn2)CCCC3)C1. The van der Waals surface area contributed by atoms with Gasteiger partial charge in [0.15, 0.2) is 5.82 Å². The Morgan fingerprint density at radius 1 is 1.08 bits per heavy atom. The standard InChI is InChI=1S/C20H27N5O/c1-24(13-18-16-7-3-5-9-19(16)26-23-18)15-11-25(12-15)20-10-14-6-2-4-8-17(14)21-22-20/h10,15H,2-9,11-13H2,1H3. The van der Waals surface area contributed by atoms with Gasteiger partial charge in [-0.05, 0) is 63.6 Å². The highest BCUT2D eigenvalue weighted by atomic mass is 16.5. The third kappa shape index (κ3) is 2.90. The lowest BCUT2D eigenvalue weighted by molar-refractivity contribution is 0.191. The van der Waals surface area contributed by atoms with Crippen LogP contribution in [0, 0.1) is 0 Å². The molecule has 0 aromatic carbocycles. The molecule has 0 bridgehead atoms. The first-order valence-electron chi connectivity index (χ1n) is 10.0. The Kier molecular flexibility index (Phi) is 4.15. The number of likely N-dealkylation sites (N-methyl/N-ethyl adjacent to an activating group) is 1. The van der Waals surface area contributed by atoms with Crippen LogP contribution in [0.3, 0.4) is 0 Å². The van der Waals surface area contributed by atoms with Gasteiger partial charge in [0.1, 0.15) is 11.5 Å². The first-order chi connectivity index (χ1) is 12.8. The van der Waals surface area contributed by atoms with Gasteiger partial charge in [-0.2, -0.15) is 5.10 Å². The molecule has 2 aromatic heterocycles. The van der Waals surface area contributed by atoms with Crippen LogP contribution < -0.4 is 4.90 Å². The zero-order valence-electron chi connectivity index (χ0n) is 15.6. The average Bonchev–Trinajstić information content (AvgIpc) is 3.03. The third-order valence-electron chi connectivity index (χ3n) is 6.30. The molecule has 0 spiro atoms. The van der Waals surface area contributed by atoms with Gasteiger partial charge in [0.05, 0.1) is 5.69 Å². The maximum absolute atomic E-state index is 5.56. The van der Waals surface area contributed by atoms with E-state index in [9.17, 15) is 0 Å². The summed E-state index contributed by atoms with van der Waals surface area (Å²) >= 11 is 0. The Bertz CT molecular complexity index is 795. The molecule has 1 aliphatic heterocycles. The Morgan fingerprint density at radius 3 is 2.81 bits per heavy atom. The zero-order valence-corrected chi connectivity index (χ0v) is 15.6. The van der Waals surface area contributed by atoms with Crippen LogP contribution in [0.25, 0.3) is 0 Å². The molecular formula is C20H27N5O. The summed E-state index contributed by atoms with van der Waals surface area (Å²) in [6.07, 6.45) is 9.47. The summed E-state index contributed by atoms with van der Waals surface area (Å²) in [5.41, 5.74) is 5.14. The molecule has 138 valence electrons. The van der Waals surface area contributed by atoms with E-state index in [1.165, 1.54) is 42.5 Å². The zero-order chi connectivity index (χ0) is 17.5. The number of rotatable bonds is 4. The van der Waals surface area contributed by atoms with Crippen molar-refractivity contribution in [2.24, 2.45) is 0 Å². The van der Waals surface area contributed by atoms with Crippen molar-refractivity contribution in [3.8, 4) is 0 Å². The first-order valence-corrected chi connectivity index (χ1v) is 10.0. The van der Waals surface area contributed by atoms with Crippen LogP contribution in [0.15, 0.2) is 10.6 Å². The molecule has 0 N–H and O–H groups in total. The summed E-state index contributed by atoms with van der Waals surface area (Å²) < 4.78 is 5.56. The molecule has 6 heteroatoms. The van der Waals surface area contributed by atoms with Gasteiger partial charge in [0.25, 0.3) is 0 Å². The lowest BCUT2D eigenvalue weighted by Crippen LogP contribution is -2.58. The molecule has 0 unspecified atom stereocenters. The highest BCUT2D eigenvalue weighted by molar-refractivity contribution is 5.45. The van der Waals surface area contributed by atoms with E-state index in [4.69, 9.17) is 4.52 Å². The molecule has 1 saturated heterocycles. The topological polar surface area (TPSA) is 58.3 Å². The van der Waals surface area contributed by atoms with Crippen LogP contribution in [-0.4, -0.2) is 46.4 Å². The summed E-state index contributed by atoms with van der Waals surface area (Å²) in [4.78, 5) is 4.76. The number of nitrogens with zero attached hydrogens (tertiary/aromatic N) is 5. The predicted octanol–water partition coefficient (Wildman–Crippen LogP) is 2.54. The van der Waals surface area contributed by atoms with Crippen molar-refractivity contribution in [1.29, 1.82) is 0 Å².